The first kappa shape index (κ1) is 19.7. The van der Waals surface area contributed by atoms with Crippen LogP contribution >= 0.6 is 0 Å². The Balaban J connectivity index is 2.34. The number of benzene rings is 2. The predicted molar refractivity (Wildman–Crippen MR) is 93.2 cm³/mol. The maximum absolute atomic E-state index is 12.4. The van der Waals surface area contributed by atoms with Gasteiger partial charge in [0.05, 0.1) is 9.79 Å². The number of carboxylic acids is 1. The van der Waals surface area contributed by atoms with E-state index in [9.17, 15) is 26.7 Å². The molecule has 0 aliphatic carbocycles. The number of carboxylic acid groups (broad SMARTS) is 1. The molecule has 0 unspecified atom stereocenters. The van der Waals surface area contributed by atoms with E-state index in [4.69, 9.17) is 5.11 Å². The van der Waals surface area contributed by atoms with Gasteiger partial charge in [-0.15, -0.1) is 0 Å². The maximum Gasteiger partial charge on any atom is 0.339 e. The summed E-state index contributed by atoms with van der Waals surface area (Å²) in [5.74, 6) is -1.92. The molecule has 2 rings (SSSR count). The van der Waals surface area contributed by atoms with Gasteiger partial charge in [0.25, 0.3) is 10.0 Å². The normalized spacial score (nSPS) is 12.1. The minimum Gasteiger partial charge on any atom is -0.507 e. The third-order valence-corrected chi connectivity index (χ3v) is 6.62. The van der Waals surface area contributed by atoms with Crippen molar-refractivity contribution in [3.8, 4) is 5.75 Å². The fourth-order valence-electron chi connectivity index (χ4n) is 1.99. The molecule has 0 amide bonds. The second-order valence-electron chi connectivity index (χ2n) is 5.40. The van der Waals surface area contributed by atoms with Crippen LogP contribution in [-0.4, -0.2) is 51.4 Å². The Labute approximate surface area is 150 Å². The third-order valence-electron chi connectivity index (χ3n) is 3.39. The molecule has 140 valence electrons. The van der Waals surface area contributed by atoms with E-state index in [0.717, 1.165) is 40.7 Å². The first-order valence-corrected chi connectivity index (χ1v) is 9.99. The number of nitrogens with one attached hydrogen (secondary N) is 1. The van der Waals surface area contributed by atoms with Crippen LogP contribution in [0.1, 0.15) is 10.4 Å². The Morgan fingerprint density at radius 1 is 0.962 bits per heavy atom. The molecule has 26 heavy (non-hydrogen) atoms. The molecule has 0 saturated carbocycles. The van der Waals surface area contributed by atoms with Gasteiger partial charge in [-0.2, -0.15) is 0 Å². The summed E-state index contributed by atoms with van der Waals surface area (Å²) in [4.78, 5) is 10.7. The van der Waals surface area contributed by atoms with Crippen molar-refractivity contribution >= 4 is 31.7 Å². The number of rotatable bonds is 6. The summed E-state index contributed by atoms with van der Waals surface area (Å²) in [7, 11) is -5.07. The van der Waals surface area contributed by atoms with Crippen LogP contribution in [0.5, 0.6) is 5.75 Å². The Morgan fingerprint density at radius 3 is 2.00 bits per heavy atom. The van der Waals surface area contributed by atoms with E-state index in [1.54, 1.807) is 0 Å². The van der Waals surface area contributed by atoms with Crippen molar-refractivity contribution in [1.82, 2.24) is 4.31 Å². The molecule has 0 bridgehead atoms. The second-order valence-corrected chi connectivity index (χ2v) is 9.24. The predicted octanol–water partition coefficient (Wildman–Crippen LogP) is 1.14. The van der Waals surface area contributed by atoms with Crippen molar-refractivity contribution in [2.24, 2.45) is 0 Å². The van der Waals surface area contributed by atoms with Crippen LogP contribution in [-0.2, 0) is 20.0 Å². The number of carbonyl (C=O) groups is 1. The van der Waals surface area contributed by atoms with Gasteiger partial charge in [-0.3, -0.25) is 4.72 Å². The second kappa shape index (κ2) is 6.94. The molecular weight excluding hydrogens is 384 g/mol. The summed E-state index contributed by atoms with van der Waals surface area (Å²) in [5, 5.41) is 18.4. The van der Waals surface area contributed by atoms with E-state index < -0.39 is 37.3 Å². The number of hydrogen-bond acceptors (Lipinski definition) is 6. The standard InChI is InChI=1S/C15H16N2O7S2/c1-17(2)26(23,24)12-6-4-11(5-7-12)25(21,22)16-10-3-8-14(18)13(9-10)15(19)20/h3-9,16,18H,1-2H3,(H,19,20). The van der Waals surface area contributed by atoms with E-state index in [0.29, 0.717) is 0 Å². The molecule has 9 nitrogen and oxygen atoms in total. The molecule has 0 aliphatic heterocycles. The van der Waals surface area contributed by atoms with Crippen LogP contribution in [0.25, 0.3) is 0 Å². The zero-order valence-corrected chi connectivity index (χ0v) is 15.4. The number of nitrogens with zero attached hydrogens (tertiary/aromatic N) is 1. The fraction of sp³-hybridized carbons (Fsp3) is 0.133. The Morgan fingerprint density at radius 2 is 1.50 bits per heavy atom. The first-order chi connectivity index (χ1) is 11.9. The van der Waals surface area contributed by atoms with Crippen LogP contribution in [0, 0.1) is 0 Å². The lowest BCUT2D eigenvalue weighted by atomic mass is 10.2. The van der Waals surface area contributed by atoms with E-state index in [1.807, 2.05) is 0 Å². The monoisotopic (exact) mass is 400 g/mol. The molecule has 2 aromatic rings. The molecule has 0 radical (unpaired) electrons. The first-order valence-electron chi connectivity index (χ1n) is 7.07. The average molecular weight is 400 g/mol. The van der Waals surface area contributed by atoms with Crippen LogP contribution in [0.2, 0.25) is 0 Å². The lowest BCUT2D eigenvalue weighted by Crippen LogP contribution is -2.22. The summed E-state index contributed by atoms with van der Waals surface area (Å²) >= 11 is 0. The molecule has 0 atom stereocenters. The topological polar surface area (TPSA) is 141 Å². The van der Waals surface area contributed by atoms with E-state index in [2.05, 4.69) is 4.72 Å². The van der Waals surface area contributed by atoms with Gasteiger partial charge in [0.1, 0.15) is 11.3 Å². The van der Waals surface area contributed by atoms with Gasteiger partial charge >= 0.3 is 5.97 Å². The number of hydrogen-bond donors (Lipinski definition) is 3. The summed E-state index contributed by atoms with van der Waals surface area (Å²) in [6, 6.07) is 7.78. The lowest BCUT2D eigenvalue weighted by Gasteiger charge is -2.12. The minimum absolute atomic E-state index is 0.0646. The number of aromatic carboxylic acids is 1. The Kier molecular flexibility index (Phi) is 5.26. The number of anilines is 1. The summed E-state index contributed by atoms with van der Waals surface area (Å²) < 4.78 is 51.9. The van der Waals surface area contributed by atoms with Crippen molar-refractivity contribution < 1.29 is 31.8 Å². The van der Waals surface area contributed by atoms with Gasteiger partial charge in [0.2, 0.25) is 10.0 Å². The average Bonchev–Trinajstić information content (AvgIpc) is 2.56. The van der Waals surface area contributed by atoms with Gasteiger partial charge in [-0.25, -0.2) is 25.9 Å². The van der Waals surface area contributed by atoms with E-state index in [-0.39, 0.29) is 15.5 Å². The van der Waals surface area contributed by atoms with E-state index >= 15 is 0 Å². The zero-order valence-electron chi connectivity index (χ0n) is 13.7. The number of phenols is 1. The van der Waals surface area contributed by atoms with Crippen molar-refractivity contribution in [2.45, 2.75) is 9.79 Å². The maximum atomic E-state index is 12.4. The van der Waals surface area contributed by atoms with Crippen LogP contribution < -0.4 is 4.72 Å². The smallest absolute Gasteiger partial charge is 0.339 e. The molecule has 3 N–H and O–H groups in total. The van der Waals surface area contributed by atoms with Crippen LogP contribution in [0.15, 0.2) is 52.3 Å². The van der Waals surface area contributed by atoms with Crippen molar-refractivity contribution in [3.63, 3.8) is 0 Å². The van der Waals surface area contributed by atoms with Gasteiger partial charge in [0.15, 0.2) is 0 Å². The van der Waals surface area contributed by atoms with Gasteiger partial charge < -0.3 is 10.2 Å². The quantitative estimate of drug-likeness (QED) is 0.617. The highest BCUT2D eigenvalue weighted by Crippen LogP contribution is 2.24. The molecular formula is C15H16N2O7S2. The number of aromatic hydroxyl groups is 1. The Hall–Kier alpha value is -2.63. The molecule has 2 aromatic carbocycles. The highest BCUT2D eigenvalue weighted by Gasteiger charge is 2.20. The molecule has 0 aliphatic rings. The van der Waals surface area contributed by atoms with Crippen molar-refractivity contribution in [2.75, 3.05) is 18.8 Å². The van der Waals surface area contributed by atoms with Crippen molar-refractivity contribution in [3.05, 3.63) is 48.0 Å². The molecule has 0 aromatic heterocycles. The Bertz CT molecular complexity index is 1040. The number of sulfonamides is 2. The summed E-state index contributed by atoms with van der Waals surface area (Å²) in [6.45, 7) is 0. The van der Waals surface area contributed by atoms with Gasteiger partial charge in [-0.05, 0) is 42.5 Å². The van der Waals surface area contributed by atoms with Crippen LogP contribution in [0.4, 0.5) is 5.69 Å². The molecule has 0 spiro atoms. The third kappa shape index (κ3) is 3.95. The lowest BCUT2D eigenvalue weighted by molar-refractivity contribution is 0.0693. The van der Waals surface area contributed by atoms with Gasteiger partial charge in [-0.1, -0.05) is 0 Å². The highest BCUT2D eigenvalue weighted by atomic mass is 32.2. The molecule has 0 heterocycles. The molecule has 11 heteroatoms. The van der Waals surface area contributed by atoms with Crippen LogP contribution in [0.3, 0.4) is 0 Å². The SMILES string of the molecule is CN(C)S(=O)(=O)c1ccc(S(=O)(=O)Nc2ccc(O)c(C(=O)O)c2)cc1. The summed E-state index contributed by atoms with van der Waals surface area (Å²) in [5.41, 5.74) is -0.525. The zero-order chi connectivity index (χ0) is 19.7. The summed E-state index contributed by atoms with van der Waals surface area (Å²) in [6.07, 6.45) is 0. The largest absolute Gasteiger partial charge is 0.507 e. The van der Waals surface area contributed by atoms with E-state index in [1.165, 1.54) is 20.2 Å². The fourth-order valence-corrected chi connectivity index (χ4v) is 3.94. The molecule has 0 fully saturated rings. The molecule has 0 saturated heterocycles. The highest BCUT2D eigenvalue weighted by molar-refractivity contribution is 7.92. The minimum atomic E-state index is -4.08. The van der Waals surface area contributed by atoms with Gasteiger partial charge in [0, 0.05) is 19.8 Å². The van der Waals surface area contributed by atoms with Crippen molar-refractivity contribution in [1.29, 1.82) is 0 Å².